The minimum absolute atomic E-state index is 0.0167. The maximum atomic E-state index is 11.8. The summed E-state index contributed by atoms with van der Waals surface area (Å²) >= 11 is 0. The Hall–Kier alpha value is -1.83. The fraction of sp³-hybridized carbons (Fsp3) is 0.583. The normalized spacial score (nSPS) is 15.8. The summed E-state index contributed by atoms with van der Waals surface area (Å²) in [5, 5.41) is 15.6. The summed E-state index contributed by atoms with van der Waals surface area (Å²) < 4.78 is 1.52. The van der Waals surface area contributed by atoms with Crippen molar-refractivity contribution >= 4 is 11.7 Å². The molecule has 0 bridgehead atoms. The molecule has 1 aromatic heterocycles. The molecule has 1 saturated carbocycles. The van der Waals surface area contributed by atoms with Crippen LogP contribution in [0.4, 0.5) is 5.82 Å². The highest BCUT2D eigenvalue weighted by Gasteiger charge is 2.19. The second-order valence-corrected chi connectivity index (χ2v) is 4.55. The Labute approximate surface area is 100 Å². The molecule has 1 heterocycles. The van der Waals surface area contributed by atoms with Crippen molar-refractivity contribution in [2.24, 2.45) is 13.0 Å². The van der Waals surface area contributed by atoms with E-state index >= 15 is 0 Å². The van der Waals surface area contributed by atoms with Gasteiger partial charge in [0.05, 0.1) is 6.20 Å². The quantitative estimate of drug-likeness (QED) is 0.864. The standard InChI is InChI=1S/C12H16N4O/c1-16-12(10(7-13)8-14-16)15-11(17)6-9-4-2-3-5-9/h8-9H,2-6H2,1H3,(H,15,17). The predicted octanol–water partition coefficient (Wildman–Crippen LogP) is 1.81. The van der Waals surface area contributed by atoms with Gasteiger partial charge in [-0.05, 0) is 18.8 Å². The Morgan fingerprint density at radius 2 is 2.35 bits per heavy atom. The van der Waals surface area contributed by atoms with Crippen molar-refractivity contribution in [3.05, 3.63) is 11.8 Å². The van der Waals surface area contributed by atoms with Gasteiger partial charge in [0.15, 0.2) is 0 Å². The Bertz CT molecular complexity index is 452. The molecule has 0 unspecified atom stereocenters. The fourth-order valence-electron chi connectivity index (χ4n) is 2.33. The highest BCUT2D eigenvalue weighted by molar-refractivity contribution is 5.91. The summed E-state index contributed by atoms with van der Waals surface area (Å²) in [5.74, 6) is 0.987. The van der Waals surface area contributed by atoms with Gasteiger partial charge < -0.3 is 5.32 Å². The summed E-state index contributed by atoms with van der Waals surface area (Å²) in [6, 6.07) is 2.02. The largest absolute Gasteiger partial charge is 0.310 e. The molecule has 1 fully saturated rings. The van der Waals surface area contributed by atoms with Crippen molar-refractivity contribution in [3.63, 3.8) is 0 Å². The van der Waals surface area contributed by atoms with Crippen molar-refractivity contribution in [2.75, 3.05) is 5.32 Å². The van der Waals surface area contributed by atoms with Gasteiger partial charge in [-0.3, -0.25) is 9.48 Å². The van der Waals surface area contributed by atoms with Gasteiger partial charge in [0.1, 0.15) is 17.5 Å². The summed E-state index contributed by atoms with van der Waals surface area (Å²) in [7, 11) is 1.71. The minimum Gasteiger partial charge on any atom is -0.310 e. The van der Waals surface area contributed by atoms with Gasteiger partial charge in [-0.2, -0.15) is 10.4 Å². The number of aromatic nitrogens is 2. The van der Waals surface area contributed by atoms with Crippen LogP contribution in [-0.4, -0.2) is 15.7 Å². The van der Waals surface area contributed by atoms with Crippen LogP contribution in [0, 0.1) is 17.2 Å². The molecule has 0 atom stereocenters. The molecule has 0 spiro atoms. The molecule has 1 aromatic rings. The number of nitrogens with one attached hydrogen (secondary N) is 1. The van der Waals surface area contributed by atoms with E-state index in [1.807, 2.05) is 6.07 Å². The third-order valence-electron chi connectivity index (χ3n) is 3.27. The second kappa shape index (κ2) is 5.00. The third-order valence-corrected chi connectivity index (χ3v) is 3.27. The Morgan fingerprint density at radius 3 is 3.00 bits per heavy atom. The van der Waals surface area contributed by atoms with E-state index < -0.39 is 0 Å². The number of anilines is 1. The molecule has 0 aromatic carbocycles. The monoisotopic (exact) mass is 232 g/mol. The highest BCUT2D eigenvalue weighted by atomic mass is 16.1. The van der Waals surface area contributed by atoms with E-state index in [9.17, 15) is 4.79 Å². The van der Waals surface area contributed by atoms with E-state index in [0.29, 0.717) is 23.7 Å². The summed E-state index contributed by atoms with van der Waals surface area (Å²) in [6.07, 6.45) is 6.76. The van der Waals surface area contributed by atoms with Gasteiger partial charge in [0.2, 0.25) is 5.91 Å². The molecule has 1 N–H and O–H groups in total. The Balaban J connectivity index is 1.97. The molecule has 0 saturated heterocycles. The molecule has 17 heavy (non-hydrogen) atoms. The van der Waals surface area contributed by atoms with Gasteiger partial charge in [0.25, 0.3) is 0 Å². The summed E-state index contributed by atoms with van der Waals surface area (Å²) in [4.78, 5) is 11.8. The van der Waals surface area contributed by atoms with Crippen molar-refractivity contribution in [1.29, 1.82) is 5.26 Å². The molecule has 1 aliphatic rings. The van der Waals surface area contributed by atoms with E-state index in [2.05, 4.69) is 10.4 Å². The lowest BCUT2D eigenvalue weighted by Gasteiger charge is -2.09. The van der Waals surface area contributed by atoms with E-state index in [1.54, 1.807) is 7.05 Å². The van der Waals surface area contributed by atoms with Gasteiger partial charge in [-0.1, -0.05) is 12.8 Å². The van der Waals surface area contributed by atoms with Crippen LogP contribution in [0.15, 0.2) is 6.20 Å². The average molecular weight is 232 g/mol. The predicted molar refractivity (Wildman–Crippen MR) is 63.1 cm³/mol. The molecule has 5 heteroatoms. The topological polar surface area (TPSA) is 70.7 Å². The lowest BCUT2D eigenvalue weighted by molar-refractivity contribution is -0.117. The van der Waals surface area contributed by atoms with Crippen LogP contribution in [0.3, 0.4) is 0 Å². The number of nitriles is 1. The Morgan fingerprint density at radius 1 is 1.65 bits per heavy atom. The van der Waals surface area contributed by atoms with Crippen LogP contribution in [0.25, 0.3) is 0 Å². The van der Waals surface area contributed by atoms with Gasteiger partial charge in [-0.25, -0.2) is 0 Å². The first-order valence-corrected chi connectivity index (χ1v) is 5.92. The maximum absolute atomic E-state index is 11.8. The van der Waals surface area contributed by atoms with Crippen molar-refractivity contribution in [1.82, 2.24) is 9.78 Å². The number of carbonyl (C=O) groups is 1. The number of hydrogen-bond donors (Lipinski definition) is 1. The van der Waals surface area contributed by atoms with E-state index in [0.717, 1.165) is 12.8 Å². The minimum atomic E-state index is -0.0167. The van der Waals surface area contributed by atoms with Gasteiger partial charge >= 0.3 is 0 Å². The molecular weight excluding hydrogens is 216 g/mol. The highest BCUT2D eigenvalue weighted by Crippen LogP contribution is 2.27. The SMILES string of the molecule is Cn1ncc(C#N)c1NC(=O)CC1CCCC1. The van der Waals surface area contributed by atoms with Crippen LogP contribution in [0.2, 0.25) is 0 Å². The fourth-order valence-corrected chi connectivity index (χ4v) is 2.33. The first-order chi connectivity index (χ1) is 8.20. The number of amides is 1. The summed E-state index contributed by atoms with van der Waals surface area (Å²) in [5.41, 5.74) is 0.410. The van der Waals surface area contributed by atoms with Crippen molar-refractivity contribution < 1.29 is 4.79 Å². The number of rotatable bonds is 3. The van der Waals surface area contributed by atoms with Crippen LogP contribution < -0.4 is 5.32 Å². The third kappa shape index (κ3) is 2.64. The molecule has 0 radical (unpaired) electrons. The lowest BCUT2D eigenvalue weighted by Crippen LogP contribution is -2.17. The molecule has 1 aliphatic carbocycles. The van der Waals surface area contributed by atoms with Gasteiger partial charge in [0, 0.05) is 13.5 Å². The maximum Gasteiger partial charge on any atom is 0.225 e. The molecule has 5 nitrogen and oxygen atoms in total. The molecule has 90 valence electrons. The zero-order valence-corrected chi connectivity index (χ0v) is 9.94. The van der Waals surface area contributed by atoms with Crippen LogP contribution in [0.1, 0.15) is 37.7 Å². The van der Waals surface area contributed by atoms with Crippen molar-refractivity contribution in [3.8, 4) is 6.07 Å². The first kappa shape index (κ1) is 11.6. The second-order valence-electron chi connectivity index (χ2n) is 4.55. The first-order valence-electron chi connectivity index (χ1n) is 5.92. The van der Waals surface area contributed by atoms with Crippen LogP contribution in [-0.2, 0) is 11.8 Å². The molecule has 2 rings (SSSR count). The average Bonchev–Trinajstić information content (AvgIpc) is 2.90. The number of aryl methyl sites for hydroxylation is 1. The Kier molecular flexibility index (Phi) is 3.43. The van der Waals surface area contributed by atoms with E-state index in [-0.39, 0.29) is 5.91 Å². The smallest absolute Gasteiger partial charge is 0.225 e. The molecular formula is C12H16N4O. The number of nitrogens with zero attached hydrogens (tertiary/aromatic N) is 3. The van der Waals surface area contributed by atoms with Crippen LogP contribution >= 0.6 is 0 Å². The molecule has 0 aliphatic heterocycles. The van der Waals surface area contributed by atoms with E-state index in [4.69, 9.17) is 5.26 Å². The lowest BCUT2D eigenvalue weighted by atomic mass is 10.0. The van der Waals surface area contributed by atoms with Crippen molar-refractivity contribution in [2.45, 2.75) is 32.1 Å². The van der Waals surface area contributed by atoms with E-state index in [1.165, 1.54) is 23.7 Å². The molecule has 1 amide bonds. The summed E-state index contributed by atoms with van der Waals surface area (Å²) in [6.45, 7) is 0. The van der Waals surface area contributed by atoms with Gasteiger partial charge in [-0.15, -0.1) is 0 Å². The van der Waals surface area contributed by atoms with Crippen LogP contribution in [0.5, 0.6) is 0 Å². The zero-order chi connectivity index (χ0) is 12.3. The number of hydrogen-bond acceptors (Lipinski definition) is 3. The number of carbonyl (C=O) groups excluding carboxylic acids is 1. The zero-order valence-electron chi connectivity index (χ0n) is 9.94.